The van der Waals surface area contributed by atoms with E-state index in [2.05, 4.69) is 0 Å². The number of carbonyl (C=O) groups excluding carboxylic acids is 1. The lowest BCUT2D eigenvalue weighted by atomic mass is 10.2. The van der Waals surface area contributed by atoms with Crippen LogP contribution in [0.3, 0.4) is 0 Å². The van der Waals surface area contributed by atoms with Gasteiger partial charge < -0.3 is 4.90 Å². The topological polar surface area (TPSA) is 44.1 Å². The quantitative estimate of drug-likeness (QED) is 0.788. The van der Waals surface area contributed by atoms with Crippen molar-refractivity contribution in [3.8, 4) is 6.07 Å². The minimum Gasteiger partial charge on any atom is -0.341 e. The lowest BCUT2D eigenvalue weighted by molar-refractivity contribution is 0.0798. The fourth-order valence-electron chi connectivity index (χ4n) is 1.37. The Morgan fingerprint density at radius 1 is 1.60 bits per heavy atom. The molecule has 0 radical (unpaired) electrons. The largest absolute Gasteiger partial charge is 0.341 e. The van der Waals surface area contributed by atoms with Gasteiger partial charge in [0.15, 0.2) is 0 Å². The Morgan fingerprint density at radius 3 is 2.73 bits per heavy atom. The molecule has 3 nitrogen and oxygen atoms in total. The molecule has 1 heterocycles. The number of nitrogens with zero attached hydrogens (tertiary/aromatic N) is 2. The highest BCUT2D eigenvalue weighted by Gasteiger charge is 2.15. The van der Waals surface area contributed by atoms with Crippen LogP contribution in [0, 0.1) is 25.2 Å². The van der Waals surface area contributed by atoms with Gasteiger partial charge in [0.2, 0.25) is 0 Å². The second-order valence-electron chi connectivity index (χ2n) is 3.46. The SMILES string of the molecule is Cc1cc(C(=O)N(C)CCC#N)c(C)s1. The van der Waals surface area contributed by atoms with Crippen molar-refractivity contribution in [1.29, 1.82) is 5.26 Å². The molecule has 0 spiro atoms. The zero-order chi connectivity index (χ0) is 11.4. The van der Waals surface area contributed by atoms with Crippen molar-refractivity contribution < 1.29 is 4.79 Å². The highest BCUT2D eigenvalue weighted by Crippen LogP contribution is 2.21. The molecule has 0 fully saturated rings. The van der Waals surface area contributed by atoms with Crippen molar-refractivity contribution in [2.45, 2.75) is 20.3 Å². The van der Waals surface area contributed by atoms with Gasteiger partial charge in [-0.2, -0.15) is 5.26 Å². The van der Waals surface area contributed by atoms with Gasteiger partial charge in [-0.05, 0) is 19.9 Å². The number of hydrogen-bond donors (Lipinski definition) is 0. The smallest absolute Gasteiger partial charge is 0.254 e. The summed E-state index contributed by atoms with van der Waals surface area (Å²) in [6, 6.07) is 3.94. The third kappa shape index (κ3) is 2.80. The molecule has 0 saturated carbocycles. The maximum absolute atomic E-state index is 11.9. The molecule has 1 rings (SSSR count). The van der Waals surface area contributed by atoms with E-state index in [1.807, 2.05) is 26.0 Å². The van der Waals surface area contributed by atoms with E-state index >= 15 is 0 Å². The van der Waals surface area contributed by atoms with Gasteiger partial charge in [-0.3, -0.25) is 4.79 Å². The van der Waals surface area contributed by atoms with E-state index in [1.54, 1.807) is 23.3 Å². The summed E-state index contributed by atoms with van der Waals surface area (Å²) in [6.07, 6.45) is 0.379. The Labute approximate surface area is 93.9 Å². The van der Waals surface area contributed by atoms with E-state index in [0.29, 0.717) is 13.0 Å². The van der Waals surface area contributed by atoms with Crippen molar-refractivity contribution in [2.24, 2.45) is 0 Å². The predicted octanol–water partition coefficient (Wildman–Crippen LogP) is 2.35. The second-order valence-corrected chi connectivity index (χ2v) is 4.92. The lowest BCUT2D eigenvalue weighted by Crippen LogP contribution is -2.27. The molecule has 0 unspecified atom stereocenters. The molecule has 0 saturated heterocycles. The Bertz CT molecular complexity index is 403. The van der Waals surface area contributed by atoms with Crippen LogP contribution in [0.1, 0.15) is 26.5 Å². The van der Waals surface area contributed by atoms with Crippen molar-refractivity contribution in [2.75, 3.05) is 13.6 Å². The van der Waals surface area contributed by atoms with Crippen molar-refractivity contribution >= 4 is 17.2 Å². The number of carbonyl (C=O) groups is 1. The summed E-state index contributed by atoms with van der Waals surface area (Å²) in [5.41, 5.74) is 0.762. The van der Waals surface area contributed by atoms with Crippen LogP contribution in [0.15, 0.2) is 6.07 Å². The van der Waals surface area contributed by atoms with Crippen molar-refractivity contribution in [3.05, 3.63) is 21.4 Å². The molecule has 0 N–H and O–H groups in total. The summed E-state index contributed by atoms with van der Waals surface area (Å²) in [4.78, 5) is 15.7. The summed E-state index contributed by atoms with van der Waals surface area (Å²) < 4.78 is 0. The molecular formula is C11H14N2OS. The lowest BCUT2D eigenvalue weighted by Gasteiger charge is -2.14. The van der Waals surface area contributed by atoms with Gasteiger partial charge in [0.05, 0.1) is 18.1 Å². The summed E-state index contributed by atoms with van der Waals surface area (Å²) in [7, 11) is 1.73. The van der Waals surface area contributed by atoms with Crippen LogP contribution < -0.4 is 0 Å². The third-order valence-electron chi connectivity index (χ3n) is 2.18. The normalized spacial score (nSPS) is 9.73. The Morgan fingerprint density at radius 2 is 2.27 bits per heavy atom. The first kappa shape index (κ1) is 11.7. The summed E-state index contributed by atoms with van der Waals surface area (Å²) >= 11 is 1.63. The van der Waals surface area contributed by atoms with E-state index < -0.39 is 0 Å². The number of hydrogen-bond acceptors (Lipinski definition) is 3. The Kier molecular flexibility index (Phi) is 3.87. The van der Waals surface area contributed by atoms with Crippen LogP contribution in [-0.2, 0) is 0 Å². The number of aryl methyl sites for hydroxylation is 2. The minimum atomic E-state index is 0.00657. The summed E-state index contributed by atoms with van der Waals surface area (Å²) in [5.74, 6) is 0.00657. The monoisotopic (exact) mass is 222 g/mol. The zero-order valence-electron chi connectivity index (χ0n) is 9.20. The molecular weight excluding hydrogens is 208 g/mol. The van der Waals surface area contributed by atoms with E-state index in [4.69, 9.17) is 5.26 Å². The maximum atomic E-state index is 11.9. The van der Waals surface area contributed by atoms with Gasteiger partial charge in [0, 0.05) is 23.3 Å². The third-order valence-corrected chi connectivity index (χ3v) is 3.14. The van der Waals surface area contributed by atoms with Gasteiger partial charge in [-0.25, -0.2) is 0 Å². The molecule has 80 valence electrons. The first-order valence-corrected chi connectivity index (χ1v) is 5.57. The standard InChI is InChI=1S/C11H14N2OS/c1-8-7-10(9(2)15-8)11(14)13(3)6-4-5-12/h7H,4,6H2,1-3H3. The summed E-state index contributed by atoms with van der Waals surface area (Å²) in [6.45, 7) is 4.43. The van der Waals surface area contributed by atoms with Crippen LogP contribution >= 0.6 is 11.3 Å². The molecule has 0 aliphatic rings. The Hall–Kier alpha value is -1.34. The van der Waals surface area contributed by atoms with E-state index in [1.165, 1.54) is 0 Å². The van der Waals surface area contributed by atoms with Crippen molar-refractivity contribution in [1.82, 2.24) is 4.90 Å². The number of rotatable bonds is 3. The highest BCUT2D eigenvalue weighted by atomic mass is 32.1. The van der Waals surface area contributed by atoms with Gasteiger partial charge in [0.1, 0.15) is 0 Å². The molecule has 0 bridgehead atoms. The number of amides is 1. The molecule has 0 atom stereocenters. The molecule has 1 aromatic rings. The van der Waals surface area contributed by atoms with E-state index in [9.17, 15) is 4.79 Å². The van der Waals surface area contributed by atoms with E-state index in [0.717, 1.165) is 15.3 Å². The first-order valence-electron chi connectivity index (χ1n) is 4.75. The van der Waals surface area contributed by atoms with Crippen LogP contribution in [0.2, 0.25) is 0 Å². The van der Waals surface area contributed by atoms with Crippen molar-refractivity contribution in [3.63, 3.8) is 0 Å². The van der Waals surface area contributed by atoms with Gasteiger partial charge >= 0.3 is 0 Å². The first-order chi connectivity index (χ1) is 7.06. The maximum Gasteiger partial charge on any atom is 0.254 e. The average Bonchev–Trinajstić information content (AvgIpc) is 2.53. The summed E-state index contributed by atoms with van der Waals surface area (Å²) in [5, 5.41) is 8.44. The fourth-order valence-corrected chi connectivity index (χ4v) is 2.28. The molecule has 4 heteroatoms. The predicted molar refractivity (Wildman–Crippen MR) is 61.0 cm³/mol. The Balaban J connectivity index is 2.76. The second kappa shape index (κ2) is 4.94. The minimum absolute atomic E-state index is 0.00657. The molecule has 0 aromatic carbocycles. The average molecular weight is 222 g/mol. The number of thiophene rings is 1. The highest BCUT2D eigenvalue weighted by molar-refractivity contribution is 7.12. The van der Waals surface area contributed by atoms with Gasteiger partial charge in [-0.15, -0.1) is 11.3 Å². The molecule has 1 amide bonds. The molecule has 1 aromatic heterocycles. The van der Waals surface area contributed by atoms with Gasteiger partial charge in [-0.1, -0.05) is 0 Å². The molecule has 0 aliphatic heterocycles. The number of nitriles is 1. The van der Waals surface area contributed by atoms with Crippen LogP contribution in [0.4, 0.5) is 0 Å². The van der Waals surface area contributed by atoms with E-state index in [-0.39, 0.29) is 5.91 Å². The van der Waals surface area contributed by atoms with Crippen LogP contribution in [-0.4, -0.2) is 24.4 Å². The molecule has 0 aliphatic carbocycles. The molecule has 15 heavy (non-hydrogen) atoms. The van der Waals surface area contributed by atoms with Crippen LogP contribution in [0.5, 0.6) is 0 Å². The van der Waals surface area contributed by atoms with Gasteiger partial charge in [0.25, 0.3) is 5.91 Å². The fraction of sp³-hybridized carbons (Fsp3) is 0.455. The zero-order valence-corrected chi connectivity index (χ0v) is 10.0. The van der Waals surface area contributed by atoms with Crippen LogP contribution in [0.25, 0.3) is 0 Å².